The molecular formula is C26H20F4N6O. The maximum Gasteiger partial charge on any atom is 0.256 e. The van der Waals surface area contributed by atoms with E-state index in [0.717, 1.165) is 21.6 Å². The van der Waals surface area contributed by atoms with Gasteiger partial charge < -0.3 is 5.32 Å². The zero-order chi connectivity index (χ0) is 26.4. The van der Waals surface area contributed by atoms with Crippen LogP contribution < -0.4 is 5.32 Å². The molecule has 0 spiro atoms. The lowest BCUT2D eigenvalue weighted by Gasteiger charge is -2.10. The van der Waals surface area contributed by atoms with E-state index in [2.05, 4.69) is 15.5 Å². The topological polar surface area (TPSA) is 77.6 Å². The number of amides is 1. The van der Waals surface area contributed by atoms with Gasteiger partial charge in [0.05, 0.1) is 40.9 Å². The van der Waals surface area contributed by atoms with E-state index in [4.69, 9.17) is 4.98 Å². The molecule has 1 amide bonds. The minimum atomic E-state index is -1.77. The molecule has 5 aromatic rings. The first-order valence-electron chi connectivity index (χ1n) is 11.2. The van der Waals surface area contributed by atoms with E-state index in [1.807, 2.05) is 27.0 Å². The number of rotatable bonds is 5. The van der Waals surface area contributed by atoms with Crippen molar-refractivity contribution >= 4 is 22.5 Å². The molecule has 0 aliphatic carbocycles. The molecule has 37 heavy (non-hydrogen) atoms. The Bertz CT molecular complexity index is 1690. The largest absolute Gasteiger partial charge is 0.319 e. The molecule has 7 nitrogen and oxygen atoms in total. The van der Waals surface area contributed by atoms with E-state index in [1.165, 1.54) is 12.4 Å². The molecule has 0 saturated heterocycles. The molecule has 0 atom stereocenters. The van der Waals surface area contributed by atoms with Crippen LogP contribution in [0.2, 0.25) is 0 Å². The van der Waals surface area contributed by atoms with Gasteiger partial charge in [-0.3, -0.25) is 14.2 Å². The van der Waals surface area contributed by atoms with Crippen LogP contribution in [0, 0.1) is 37.1 Å². The molecule has 0 bridgehead atoms. The lowest BCUT2D eigenvalue weighted by Crippen LogP contribution is -2.13. The fourth-order valence-corrected chi connectivity index (χ4v) is 4.26. The van der Waals surface area contributed by atoms with Gasteiger partial charge in [0, 0.05) is 41.5 Å². The first-order valence-corrected chi connectivity index (χ1v) is 11.2. The van der Waals surface area contributed by atoms with E-state index in [-0.39, 0.29) is 11.8 Å². The summed E-state index contributed by atoms with van der Waals surface area (Å²) in [6.45, 7) is 3.28. The number of halogens is 4. The summed E-state index contributed by atoms with van der Waals surface area (Å²) in [6, 6.07) is 9.17. The molecule has 1 N–H and O–H groups in total. The van der Waals surface area contributed by atoms with Crippen LogP contribution in [0.5, 0.6) is 0 Å². The number of pyridine rings is 1. The Morgan fingerprint density at radius 2 is 1.78 bits per heavy atom. The molecule has 0 aliphatic rings. The number of carbonyl (C=O) groups is 1. The van der Waals surface area contributed by atoms with Gasteiger partial charge in [-0.15, -0.1) is 0 Å². The average Bonchev–Trinajstić information content (AvgIpc) is 3.41. The molecule has 0 fully saturated rings. The highest BCUT2D eigenvalue weighted by atomic mass is 19.2. The summed E-state index contributed by atoms with van der Waals surface area (Å²) in [4.78, 5) is 18.1. The van der Waals surface area contributed by atoms with Gasteiger partial charge >= 0.3 is 0 Å². The second-order valence-corrected chi connectivity index (χ2v) is 8.57. The molecule has 0 saturated carbocycles. The molecular weight excluding hydrogens is 488 g/mol. The number of carbonyl (C=O) groups excluding carboxylic acids is 1. The summed E-state index contributed by atoms with van der Waals surface area (Å²) in [7, 11) is 1.83. The number of hydrogen-bond acceptors (Lipinski definition) is 4. The summed E-state index contributed by atoms with van der Waals surface area (Å²) >= 11 is 0. The van der Waals surface area contributed by atoms with Gasteiger partial charge in [0.1, 0.15) is 5.82 Å². The molecule has 11 heteroatoms. The number of anilines is 1. The summed E-state index contributed by atoms with van der Waals surface area (Å²) in [5, 5.41) is 11.8. The first-order chi connectivity index (χ1) is 17.6. The van der Waals surface area contributed by atoms with Crippen LogP contribution in [0.4, 0.5) is 23.2 Å². The molecule has 2 aromatic carbocycles. The second kappa shape index (κ2) is 9.16. The Balaban J connectivity index is 1.47. The van der Waals surface area contributed by atoms with Gasteiger partial charge in [-0.05, 0) is 26.0 Å². The van der Waals surface area contributed by atoms with Crippen molar-refractivity contribution in [2.45, 2.75) is 20.4 Å². The van der Waals surface area contributed by atoms with Crippen molar-refractivity contribution in [1.29, 1.82) is 0 Å². The molecule has 0 aliphatic heterocycles. The molecule has 188 valence electrons. The molecule has 0 radical (unpaired) electrons. The molecule has 3 heterocycles. The zero-order valence-electron chi connectivity index (χ0n) is 20.0. The highest BCUT2D eigenvalue weighted by molar-refractivity contribution is 6.13. The third-order valence-corrected chi connectivity index (χ3v) is 6.15. The van der Waals surface area contributed by atoms with Gasteiger partial charge in [-0.1, -0.05) is 18.2 Å². The Morgan fingerprint density at radius 1 is 1.03 bits per heavy atom. The fraction of sp³-hybridized carbons (Fsp3) is 0.154. The Hall–Kier alpha value is -4.54. The number of fused-ring (bicyclic) bond motifs is 1. The molecule has 3 aromatic heterocycles. The Morgan fingerprint density at radius 3 is 2.51 bits per heavy atom. The monoisotopic (exact) mass is 508 g/mol. The minimum absolute atomic E-state index is 0.240. The van der Waals surface area contributed by atoms with Crippen molar-refractivity contribution in [1.82, 2.24) is 24.5 Å². The lowest BCUT2D eigenvalue weighted by atomic mass is 10.0. The predicted molar refractivity (Wildman–Crippen MR) is 129 cm³/mol. The van der Waals surface area contributed by atoms with E-state index in [9.17, 15) is 22.4 Å². The fourth-order valence-electron chi connectivity index (χ4n) is 4.26. The summed E-state index contributed by atoms with van der Waals surface area (Å²) < 4.78 is 57.7. The van der Waals surface area contributed by atoms with Crippen LogP contribution in [-0.4, -0.2) is 30.5 Å². The maximum absolute atomic E-state index is 14.1. The highest BCUT2D eigenvalue weighted by Gasteiger charge is 2.21. The lowest BCUT2D eigenvalue weighted by molar-refractivity contribution is 0.102. The number of nitrogens with one attached hydrogen (secondary N) is 1. The van der Waals surface area contributed by atoms with Crippen LogP contribution in [0.15, 0.2) is 48.8 Å². The van der Waals surface area contributed by atoms with Crippen LogP contribution in [0.3, 0.4) is 0 Å². The van der Waals surface area contributed by atoms with E-state index in [1.54, 1.807) is 28.9 Å². The van der Waals surface area contributed by atoms with Gasteiger partial charge in [0.25, 0.3) is 5.91 Å². The number of para-hydroxylation sites is 1. The van der Waals surface area contributed by atoms with Crippen molar-refractivity contribution in [3.05, 3.63) is 94.6 Å². The summed E-state index contributed by atoms with van der Waals surface area (Å²) in [6.07, 6.45) is 2.62. The van der Waals surface area contributed by atoms with Crippen molar-refractivity contribution in [2.24, 2.45) is 7.05 Å². The van der Waals surface area contributed by atoms with Crippen LogP contribution in [-0.2, 0) is 13.6 Å². The highest BCUT2D eigenvalue weighted by Crippen LogP contribution is 2.30. The normalized spacial score (nSPS) is 11.3. The Kier molecular flexibility index (Phi) is 5.98. The first kappa shape index (κ1) is 24.2. The van der Waals surface area contributed by atoms with Crippen LogP contribution in [0.1, 0.15) is 27.3 Å². The van der Waals surface area contributed by atoms with Gasteiger partial charge in [-0.25, -0.2) is 22.5 Å². The number of hydrogen-bond donors (Lipinski definition) is 1. The number of aromatic nitrogens is 5. The van der Waals surface area contributed by atoms with Crippen molar-refractivity contribution in [3.63, 3.8) is 0 Å². The number of aryl methyl sites for hydroxylation is 2. The van der Waals surface area contributed by atoms with E-state index in [0.29, 0.717) is 22.2 Å². The van der Waals surface area contributed by atoms with Crippen LogP contribution >= 0.6 is 0 Å². The smallest absolute Gasteiger partial charge is 0.256 e. The van der Waals surface area contributed by atoms with E-state index < -0.39 is 41.3 Å². The third-order valence-electron chi connectivity index (χ3n) is 6.15. The van der Waals surface area contributed by atoms with Crippen molar-refractivity contribution < 1.29 is 22.4 Å². The average molecular weight is 508 g/mol. The second-order valence-electron chi connectivity index (χ2n) is 8.57. The summed E-state index contributed by atoms with van der Waals surface area (Å²) in [5.41, 5.74) is 3.60. The van der Waals surface area contributed by atoms with E-state index >= 15 is 0 Å². The molecule has 5 rings (SSSR count). The van der Waals surface area contributed by atoms with Crippen LogP contribution in [0.25, 0.3) is 22.2 Å². The van der Waals surface area contributed by atoms with Gasteiger partial charge in [0.2, 0.25) is 0 Å². The van der Waals surface area contributed by atoms with Gasteiger partial charge in [-0.2, -0.15) is 10.2 Å². The predicted octanol–water partition coefficient (Wildman–Crippen LogP) is 5.31. The minimum Gasteiger partial charge on any atom is -0.319 e. The van der Waals surface area contributed by atoms with Crippen molar-refractivity contribution in [2.75, 3.05) is 5.32 Å². The number of benzene rings is 2. The maximum atomic E-state index is 14.1. The molecule has 0 unspecified atom stereocenters. The number of nitrogens with zero attached hydrogens (tertiary/aromatic N) is 5. The zero-order valence-corrected chi connectivity index (χ0v) is 20.0. The standard InChI is InChI=1S/C26H20F4N6O/c1-13-23(14(2)35(3)34-13)22-8-17(16-6-4-5-7-21(16)33-22)26(37)32-15-10-31-36(11-15)12-18-19(27)9-20(28)25(30)24(18)29/h4-11H,12H2,1-3H3,(H,32,37). The summed E-state index contributed by atoms with van der Waals surface area (Å²) in [5.74, 6) is -6.71. The van der Waals surface area contributed by atoms with Gasteiger partial charge in [0.15, 0.2) is 17.5 Å². The SMILES string of the molecule is Cc1nn(C)c(C)c1-c1cc(C(=O)Nc2cnn(Cc3c(F)cc(F)c(F)c3F)c2)c2ccccc2n1. The quantitative estimate of drug-likeness (QED) is 0.198. The van der Waals surface area contributed by atoms with Crippen molar-refractivity contribution in [3.8, 4) is 11.3 Å². The third kappa shape index (κ3) is 4.32. The Labute approximate surface area is 208 Å².